The van der Waals surface area contributed by atoms with E-state index >= 15 is 0 Å². The first kappa shape index (κ1) is 22.4. The maximum absolute atomic E-state index is 13.2. The highest BCUT2D eigenvalue weighted by Crippen LogP contribution is 2.36. The van der Waals surface area contributed by atoms with Gasteiger partial charge in [0.2, 0.25) is 5.88 Å². The summed E-state index contributed by atoms with van der Waals surface area (Å²) in [5.41, 5.74) is -0.619. The van der Waals surface area contributed by atoms with Gasteiger partial charge in [0.1, 0.15) is 12.3 Å². The molecule has 0 saturated carbocycles. The molecule has 0 unspecified atom stereocenters. The van der Waals surface area contributed by atoms with Crippen LogP contribution in [0.15, 0.2) is 41.4 Å². The molecule has 1 atom stereocenters. The molecule has 172 valence electrons. The lowest BCUT2D eigenvalue weighted by Crippen LogP contribution is -2.42. The van der Waals surface area contributed by atoms with E-state index < -0.39 is 21.8 Å². The van der Waals surface area contributed by atoms with Gasteiger partial charge in [-0.25, -0.2) is 13.4 Å². The highest BCUT2D eigenvalue weighted by Gasteiger charge is 2.35. The van der Waals surface area contributed by atoms with Crippen molar-refractivity contribution >= 4 is 21.6 Å². The number of likely N-dealkylation sites (tertiary alicyclic amines) is 1. The molecule has 1 aromatic carbocycles. The zero-order chi connectivity index (χ0) is 23.1. The molecule has 1 aromatic heterocycles. The van der Waals surface area contributed by atoms with Crippen molar-refractivity contribution in [1.29, 1.82) is 0 Å². The number of nitrogens with zero attached hydrogens (tertiary/aromatic N) is 3. The topological polar surface area (TPSA) is 79.8 Å². The fourth-order valence-corrected chi connectivity index (χ4v) is 5.39. The number of amides is 1. The van der Waals surface area contributed by atoms with Crippen molar-refractivity contribution in [1.82, 2.24) is 9.88 Å². The van der Waals surface area contributed by atoms with Gasteiger partial charge in [-0.2, -0.15) is 13.2 Å². The fourth-order valence-electron chi connectivity index (χ4n) is 3.95. The van der Waals surface area contributed by atoms with Gasteiger partial charge in [-0.1, -0.05) is 0 Å². The summed E-state index contributed by atoms with van der Waals surface area (Å²) in [6.45, 7) is 2.54. The molecular formula is C21H22F3N3O4S. The Morgan fingerprint density at radius 3 is 2.53 bits per heavy atom. The Hall–Kier alpha value is -2.82. The number of fused-ring (bicyclic) bond motifs is 1. The molecule has 2 aliphatic rings. The van der Waals surface area contributed by atoms with Crippen LogP contribution in [-0.2, 0) is 16.2 Å². The third kappa shape index (κ3) is 4.13. The van der Waals surface area contributed by atoms with Crippen molar-refractivity contribution in [2.24, 2.45) is 0 Å². The first-order valence-corrected chi connectivity index (χ1v) is 11.7. The Kier molecular flexibility index (Phi) is 5.78. The number of rotatable bonds is 3. The van der Waals surface area contributed by atoms with Gasteiger partial charge >= 0.3 is 6.18 Å². The van der Waals surface area contributed by atoms with E-state index in [9.17, 15) is 26.4 Å². The van der Waals surface area contributed by atoms with Crippen LogP contribution in [0, 0.1) is 0 Å². The zero-order valence-corrected chi connectivity index (χ0v) is 18.1. The third-order valence-corrected chi connectivity index (χ3v) is 7.54. The monoisotopic (exact) mass is 469 g/mol. The summed E-state index contributed by atoms with van der Waals surface area (Å²) in [6.07, 6.45) is -0.386. The van der Waals surface area contributed by atoms with Gasteiger partial charge in [-0.15, -0.1) is 0 Å². The lowest BCUT2D eigenvalue weighted by molar-refractivity contribution is -0.137. The minimum absolute atomic E-state index is 0.0241. The van der Waals surface area contributed by atoms with Crippen LogP contribution in [0.1, 0.15) is 42.1 Å². The number of piperidine rings is 1. The maximum atomic E-state index is 13.2. The molecule has 1 amide bonds. The number of pyridine rings is 1. The van der Waals surface area contributed by atoms with Crippen LogP contribution < -0.4 is 9.04 Å². The van der Waals surface area contributed by atoms with E-state index in [2.05, 4.69) is 4.98 Å². The highest BCUT2D eigenvalue weighted by molar-refractivity contribution is 7.92. The van der Waals surface area contributed by atoms with Crippen LogP contribution in [0.5, 0.6) is 5.88 Å². The predicted molar refractivity (Wildman–Crippen MR) is 110 cm³/mol. The smallest absolute Gasteiger partial charge is 0.416 e. The van der Waals surface area contributed by atoms with Crippen molar-refractivity contribution in [2.45, 2.75) is 43.3 Å². The van der Waals surface area contributed by atoms with Gasteiger partial charge in [0.25, 0.3) is 15.9 Å². The average molecular weight is 469 g/mol. The fraction of sp³-hybridized carbons (Fsp3) is 0.429. The highest BCUT2D eigenvalue weighted by atomic mass is 32.2. The van der Waals surface area contributed by atoms with E-state index in [1.165, 1.54) is 12.3 Å². The quantitative estimate of drug-likeness (QED) is 0.685. The number of aromatic nitrogens is 1. The number of ether oxygens (including phenoxy) is 1. The lowest BCUT2D eigenvalue weighted by Gasteiger charge is -2.34. The van der Waals surface area contributed by atoms with E-state index in [1.807, 2.05) is 6.92 Å². The van der Waals surface area contributed by atoms with E-state index in [4.69, 9.17) is 4.74 Å². The zero-order valence-electron chi connectivity index (χ0n) is 17.3. The second-order valence-corrected chi connectivity index (χ2v) is 9.70. The maximum Gasteiger partial charge on any atom is 0.416 e. The number of anilines is 1. The molecule has 32 heavy (non-hydrogen) atoms. The molecule has 3 heterocycles. The molecule has 1 fully saturated rings. The number of carbonyl (C=O) groups excluding carboxylic acids is 1. The predicted octanol–water partition coefficient (Wildman–Crippen LogP) is 3.70. The third-order valence-electron chi connectivity index (χ3n) is 5.71. The minimum atomic E-state index is -4.57. The molecule has 0 aliphatic carbocycles. The van der Waals surface area contributed by atoms with Gasteiger partial charge in [0.05, 0.1) is 22.6 Å². The number of alkyl halides is 3. The molecule has 4 rings (SSSR count). The summed E-state index contributed by atoms with van der Waals surface area (Å²) in [6, 6.07) is 4.78. The molecule has 11 heteroatoms. The second-order valence-electron chi connectivity index (χ2n) is 7.84. The summed E-state index contributed by atoms with van der Waals surface area (Å²) in [5, 5.41) is 0. The molecule has 7 nitrogen and oxygen atoms in total. The van der Waals surface area contributed by atoms with E-state index in [0.717, 1.165) is 47.8 Å². The largest absolute Gasteiger partial charge is 0.474 e. The van der Waals surface area contributed by atoms with Gasteiger partial charge in [-0.05, 0) is 56.5 Å². The molecule has 2 aliphatic heterocycles. The number of halogens is 3. The summed E-state index contributed by atoms with van der Waals surface area (Å²) >= 11 is 0. The van der Waals surface area contributed by atoms with Crippen LogP contribution in [0.2, 0.25) is 0 Å². The van der Waals surface area contributed by atoms with Gasteiger partial charge in [-0.3, -0.25) is 9.10 Å². The summed E-state index contributed by atoms with van der Waals surface area (Å²) in [4.78, 5) is 18.6. The number of benzene rings is 1. The van der Waals surface area contributed by atoms with Gasteiger partial charge in [0, 0.05) is 18.8 Å². The second kappa shape index (κ2) is 8.27. The number of carbonyl (C=O) groups is 1. The Labute approximate surface area is 183 Å². The molecule has 0 N–H and O–H groups in total. The Bertz CT molecular complexity index is 1120. The minimum Gasteiger partial charge on any atom is -0.474 e. The summed E-state index contributed by atoms with van der Waals surface area (Å²) in [7, 11) is -4.19. The first-order chi connectivity index (χ1) is 15.1. The number of sulfonamides is 1. The van der Waals surface area contributed by atoms with Crippen LogP contribution in [-0.4, -0.2) is 49.9 Å². The van der Waals surface area contributed by atoms with Crippen LogP contribution in [0.25, 0.3) is 0 Å². The SMILES string of the molecule is C[C@H]1CCCCN1C(=O)c1cnc2c(c1)N(S(=O)(=O)c1ccc(C(F)(F)F)cc1)CCO2. The molecular weight excluding hydrogens is 447 g/mol. The van der Waals surface area contributed by atoms with Crippen molar-refractivity contribution in [3.63, 3.8) is 0 Å². The normalized spacial score (nSPS) is 19.3. The van der Waals surface area contributed by atoms with Gasteiger partial charge in [0.15, 0.2) is 0 Å². The summed E-state index contributed by atoms with van der Waals surface area (Å²) in [5.74, 6) is -0.195. The van der Waals surface area contributed by atoms with E-state index in [1.54, 1.807) is 4.90 Å². The lowest BCUT2D eigenvalue weighted by atomic mass is 10.0. The van der Waals surface area contributed by atoms with Gasteiger partial charge < -0.3 is 9.64 Å². The number of hydrogen-bond donors (Lipinski definition) is 0. The van der Waals surface area contributed by atoms with E-state index in [0.29, 0.717) is 6.54 Å². The molecule has 1 saturated heterocycles. The Balaban J connectivity index is 1.68. The van der Waals surface area contributed by atoms with Crippen molar-refractivity contribution in [2.75, 3.05) is 24.0 Å². The Morgan fingerprint density at radius 1 is 1.16 bits per heavy atom. The van der Waals surface area contributed by atoms with Crippen molar-refractivity contribution in [3.05, 3.63) is 47.7 Å². The van der Waals surface area contributed by atoms with Crippen LogP contribution >= 0.6 is 0 Å². The Morgan fingerprint density at radius 2 is 1.88 bits per heavy atom. The standard InChI is InChI=1S/C21H22F3N3O4S/c1-14-4-2-3-9-26(14)20(28)15-12-18-19(25-13-15)31-11-10-27(18)32(29,30)17-7-5-16(6-8-17)21(22,23)24/h5-8,12-14H,2-4,9-11H2,1H3/t14-/m0/s1. The average Bonchev–Trinajstić information content (AvgIpc) is 2.77. The molecule has 0 bridgehead atoms. The molecule has 0 radical (unpaired) electrons. The molecule has 2 aromatic rings. The summed E-state index contributed by atoms with van der Waals surface area (Å²) < 4.78 is 71.5. The van der Waals surface area contributed by atoms with Crippen molar-refractivity contribution < 1.29 is 31.1 Å². The van der Waals surface area contributed by atoms with Crippen molar-refractivity contribution in [3.8, 4) is 5.88 Å². The van der Waals surface area contributed by atoms with Crippen LogP contribution in [0.3, 0.4) is 0 Å². The number of hydrogen-bond acceptors (Lipinski definition) is 5. The molecule has 0 spiro atoms. The van der Waals surface area contributed by atoms with Crippen LogP contribution in [0.4, 0.5) is 18.9 Å². The van der Waals surface area contributed by atoms with E-state index in [-0.39, 0.29) is 47.1 Å². The first-order valence-electron chi connectivity index (χ1n) is 10.2.